The summed E-state index contributed by atoms with van der Waals surface area (Å²) >= 11 is 5.85. The van der Waals surface area contributed by atoms with Crippen LogP contribution < -0.4 is 4.90 Å². The van der Waals surface area contributed by atoms with Crippen LogP contribution in [0.15, 0.2) is 70.0 Å². The molecule has 10 heteroatoms. The Morgan fingerprint density at radius 1 is 1.00 bits per heavy atom. The van der Waals surface area contributed by atoms with Crippen LogP contribution in [-0.2, 0) is 22.7 Å². The van der Waals surface area contributed by atoms with Crippen LogP contribution in [0, 0.1) is 0 Å². The number of benzene rings is 2. The normalized spacial score (nSPS) is 15.5. The first kappa shape index (κ1) is 23.4. The molecule has 1 amide bonds. The number of rotatable bonds is 5. The van der Waals surface area contributed by atoms with Gasteiger partial charge in [0.05, 0.1) is 22.1 Å². The second kappa shape index (κ2) is 9.61. The molecular weight excluding hydrogens is 477 g/mol. The molecule has 33 heavy (non-hydrogen) atoms. The number of furan rings is 1. The molecular formula is C23H20ClF3N2O3S. The lowest BCUT2D eigenvalue weighted by molar-refractivity contribution is -0.137. The van der Waals surface area contributed by atoms with E-state index >= 15 is 0 Å². The van der Waals surface area contributed by atoms with Crippen molar-refractivity contribution in [1.29, 1.82) is 0 Å². The number of amides is 1. The molecule has 1 aliphatic heterocycles. The fourth-order valence-corrected chi connectivity index (χ4v) is 4.72. The first-order valence-electron chi connectivity index (χ1n) is 10.1. The van der Waals surface area contributed by atoms with E-state index in [9.17, 15) is 22.2 Å². The third-order valence-corrected chi connectivity index (χ3v) is 6.92. The largest absolute Gasteiger partial charge is 0.455 e. The molecule has 1 fully saturated rings. The van der Waals surface area contributed by atoms with E-state index < -0.39 is 22.5 Å². The zero-order chi connectivity index (χ0) is 23.6. The SMILES string of the molecule is O=C(c1ccc(C[S@@](=O)c2ccc(Cl)cc2)o1)N1CCN(c2cccc(C(F)(F)F)c2)CC1. The zero-order valence-electron chi connectivity index (χ0n) is 17.3. The summed E-state index contributed by atoms with van der Waals surface area (Å²) in [6.45, 7) is 1.51. The molecule has 0 aliphatic carbocycles. The Hall–Kier alpha value is -2.78. The molecule has 2 aromatic carbocycles. The van der Waals surface area contributed by atoms with Crippen LogP contribution in [0.5, 0.6) is 0 Å². The first-order valence-corrected chi connectivity index (χ1v) is 11.8. The van der Waals surface area contributed by atoms with Crippen LogP contribution in [0.1, 0.15) is 21.9 Å². The number of piperazine rings is 1. The number of anilines is 1. The second-order valence-corrected chi connectivity index (χ2v) is 9.42. The van der Waals surface area contributed by atoms with Gasteiger partial charge in [-0.3, -0.25) is 9.00 Å². The molecule has 5 nitrogen and oxygen atoms in total. The van der Waals surface area contributed by atoms with Crippen molar-refractivity contribution < 1.29 is 26.6 Å². The van der Waals surface area contributed by atoms with E-state index in [4.69, 9.17) is 16.0 Å². The van der Waals surface area contributed by atoms with Gasteiger partial charge in [-0.05, 0) is 54.6 Å². The van der Waals surface area contributed by atoms with Crippen molar-refractivity contribution in [3.63, 3.8) is 0 Å². The van der Waals surface area contributed by atoms with Crippen molar-refractivity contribution >= 4 is 34.0 Å². The van der Waals surface area contributed by atoms with Gasteiger partial charge in [-0.15, -0.1) is 0 Å². The fraction of sp³-hybridized carbons (Fsp3) is 0.261. The van der Waals surface area contributed by atoms with Crippen molar-refractivity contribution in [1.82, 2.24) is 4.90 Å². The van der Waals surface area contributed by atoms with Crippen LogP contribution in [0.4, 0.5) is 18.9 Å². The van der Waals surface area contributed by atoms with Crippen LogP contribution >= 0.6 is 11.6 Å². The van der Waals surface area contributed by atoms with Gasteiger partial charge < -0.3 is 14.2 Å². The van der Waals surface area contributed by atoms with Gasteiger partial charge in [-0.2, -0.15) is 13.2 Å². The molecule has 2 heterocycles. The average Bonchev–Trinajstić information content (AvgIpc) is 3.27. The summed E-state index contributed by atoms with van der Waals surface area (Å²) < 4.78 is 57.1. The lowest BCUT2D eigenvalue weighted by atomic mass is 10.1. The van der Waals surface area contributed by atoms with Gasteiger partial charge in [0.1, 0.15) is 5.76 Å². The van der Waals surface area contributed by atoms with Crippen LogP contribution in [0.2, 0.25) is 5.02 Å². The molecule has 1 aromatic heterocycles. The molecule has 0 bridgehead atoms. The Kier molecular flexibility index (Phi) is 6.81. The quantitative estimate of drug-likeness (QED) is 0.486. The van der Waals surface area contributed by atoms with Gasteiger partial charge in [-0.1, -0.05) is 17.7 Å². The smallest absolute Gasteiger partial charge is 0.416 e. The number of nitrogens with zero attached hydrogens (tertiary/aromatic N) is 2. The monoisotopic (exact) mass is 496 g/mol. The van der Waals surface area contributed by atoms with Gasteiger partial charge in [0.25, 0.3) is 5.91 Å². The lowest BCUT2D eigenvalue weighted by Crippen LogP contribution is -2.48. The standard InChI is InChI=1S/C23H20ClF3N2O3S/c24-17-4-7-20(8-5-17)33(31)15-19-6-9-21(32-19)22(30)29-12-10-28(11-13-29)18-3-1-2-16(14-18)23(25,26)27/h1-9,14H,10-13,15H2/t33-/m1/s1. The molecule has 1 saturated heterocycles. The summed E-state index contributed by atoms with van der Waals surface area (Å²) in [4.78, 5) is 16.8. The first-order chi connectivity index (χ1) is 15.7. The van der Waals surface area contributed by atoms with Gasteiger partial charge >= 0.3 is 6.18 Å². The lowest BCUT2D eigenvalue weighted by Gasteiger charge is -2.36. The Balaban J connectivity index is 1.35. The predicted molar refractivity (Wildman–Crippen MR) is 120 cm³/mol. The third-order valence-electron chi connectivity index (χ3n) is 5.33. The molecule has 1 aliphatic rings. The van der Waals surface area contributed by atoms with Crippen molar-refractivity contribution in [3.05, 3.63) is 82.8 Å². The molecule has 0 N–H and O–H groups in total. The van der Waals surface area contributed by atoms with E-state index in [0.717, 1.165) is 12.1 Å². The summed E-state index contributed by atoms with van der Waals surface area (Å²) in [6.07, 6.45) is -4.40. The third kappa shape index (κ3) is 5.59. The van der Waals surface area contributed by atoms with E-state index in [1.165, 1.54) is 6.07 Å². The summed E-state index contributed by atoms with van der Waals surface area (Å²) in [5.41, 5.74) is -0.223. The maximum absolute atomic E-state index is 13.0. The highest BCUT2D eigenvalue weighted by Gasteiger charge is 2.31. The molecule has 3 aromatic rings. The number of hydrogen-bond donors (Lipinski definition) is 0. The van der Waals surface area contributed by atoms with Crippen LogP contribution in [0.3, 0.4) is 0 Å². The molecule has 0 unspecified atom stereocenters. The maximum atomic E-state index is 13.0. The molecule has 4 rings (SSSR count). The summed E-state index contributed by atoms with van der Waals surface area (Å²) in [5, 5.41) is 0.551. The zero-order valence-corrected chi connectivity index (χ0v) is 18.9. The van der Waals surface area contributed by atoms with Gasteiger partial charge in [0.15, 0.2) is 5.76 Å². The number of alkyl halides is 3. The number of carbonyl (C=O) groups is 1. The minimum atomic E-state index is -4.40. The van der Waals surface area contributed by atoms with Crippen LogP contribution in [0.25, 0.3) is 0 Å². The average molecular weight is 497 g/mol. The van der Waals surface area contributed by atoms with Crippen molar-refractivity contribution in [2.75, 3.05) is 31.1 Å². The Bertz CT molecular complexity index is 1160. The minimum Gasteiger partial charge on any atom is -0.455 e. The number of halogens is 4. The topological polar surface area (TPSA) is 53.8 Å². The fourth-order valence-electron chi connectivity index (χ4n) is 3.57. The van der Waals surface area contributed by atoms with Crippen molar-refractivity contribution in [3.8, 4) is 0 Å². The summed E-state index contributed by atoms with van der Waals surface area (Å²) in [7, 11) is -1.35. The van der Waals surface area contributed by atoms with E-state index in [1.807, 2.05) is 4.90 Å². The molecule has 0 radical (unpaired) electrons. The van der Waals surface area contributed by atoms with Crippen molar-refractivity contribution in [2.45, 2.75) is 16.8 Å². The predicted octanol–water partition coefficient (Wildman–Crippen LogP) is 5.22. The summed E-state index contributed by atoms with van der Waals surface area (Å²) in [5.74, 6) is 0.389. The Morgan fingerprint density at radius 2 is 1.70 bits per heavy atom. The number of hydrogen-bond acceptors (Lipinski definition) is 4. The number of carbonyl (C=O) groups excluding carboxylic acids is 1. The minimum absolute atomic E-state index is 0.123. The highest BCUT2D eigenvalue weighted by molar-refractivity contribution is 7.84. The van der Waals surface area contributed by atoms with Crippen LogP contribution in [-0.4, -0.2) is 41.2 Å². The van der Waals surface area contributed by atoms with Gasteiger partial charge in [0, 0.05) is 41.8 Å². The Morgan fingerprint density at radius 3 is 2.36 bits per heavy atom. The Labute approximate surface area is 196 Å². The van der Waals surface area contributed by atoms with E-state index in [-0.39, 0.29) is 17.4 Å². The summed E-state index contributed by atoms with van der Waals surface area (Å²) in [6, 6.07) is 15.0. The molecule has 0 saturated carbocycles. The maximum Gasteiger partial charge on any atom is 0.416 e. The highest BCUT2D eigenvalue weighted by Crippen LogP contribution is 2.32. The highest BCUT2D eigenvalue weighted by atomic mass is 35.5. The second-order valence-electron chi connectivity index (χ2n) is 7.54. The van der Waals surface area contributed by atoms with E-state index in [0.29, 0.717) is 47.5 Å². The van der Waals surface area contributed by atoms with Gasteiger partial charge in [-0.25, -0.2) is 0 Å². The van der Waals surface area contributed by atoms with Gasteiger partial charge in [0.2, 0.25) is 0 Å². The van der Waals surface area contributed by atoms with Crippen molar-refractivity contribution in [2.24, 2.45) is 0 Å². The van der Waals surface area contributed by atoms with E-state index in [1.54, 1.807) is 47.4 Å². The molecule has 1 atom stereocenters. The van der Waals surface area contributed by atoms with E-state index in [2.05, 4.69) is 0 Å². The molecule has 174 valence electrons. The molecule has 0 spiro atoms.